The normalized spacial score (nSPS) is 15.9. The fourth-order valence-electron chi connectivity index (χ4n) is 3.22. The van der Waals surface area contributed by atoms with Gasteiger partial charge in [0.15, 0.2) is 0 Å². The molecule has 1 aromatic carbocycles. The number of hydrogen-bond donors (Lipinski definition) is 1. The largest absolute Gasteiger partial charge is 0.493 e. The number of fused-ring (bicyclic) bond motifs is 2. The molecule has 26 heavy (non-hydrogen) atoms. The van der Waals surface area contributed by atoms with Crippen LogP contribution in [0.3, 0.4) is 0 Å². The van der Waals surface area contributed by atoms with Gasteiger partial charge in [-0.3, -0.25) is 19.3 Å². The van der Waals surface area contributed by atoms with Crippen molar-refractivity contribution >= 4 is 17.2 Å². The van der Waals surface area contributed by atoms with Crippen LogP contribution in [-0.2, 0) is 0 Å². The lowest BCUT2D eigenvalue weighted by Gasteiger charge is -2.26. The zero-order chi connectivity index (χ0) is 18.1. The van der Waals surface area contributed by atoms with Crippen LogP contribution in [0, 0.1) is 10.1 Å². The van der Waals surface area contributed by atoms with Crippen LogP contribution >= 0.6 is 0 Å². The minimum atomic E-state index is -0.699. The maximum Gasteiger partial charge on any atom is 0.376 e. The highest BCUT2D eigenvalue weighted by Crippen LogP contribution is 2.33. The van der Waals surface area contributed by atoms with Crippen molar-refractivity contribution in [2.45, 2.75) is 12.3 Å². The fourth-order valence-corrected chi connectivity index (χ4v) is 3.22. The molecule has 1 aliphatic heterocycles. The molecule has 8 heteroatoms. The minimum Gasteiger partial charge on any atom is -0.493 e. The first-order chi connectivity index (χ1) is 12.6. The van der Waals surface area contributed by atoms with Gasteiger partial charge in [0, 0.05) is 18.7 Å². The van der Waals surface area contributed by atoms with Gasteiger partial charge < -0.3 is 10.1 Å². The van der Waals surface area contributed by atoms with E-state index in [0.717, 1.165) is 17.7 Å². The predicted molar refractivity (Wildman–Crippen MR) is 95.9 cm³/mol. The molecule has 0 spiro atoms. The summed E-state index contributed by atoms with van der Waals surface area (Å²) in [5.41, 5.74) is 0.161. The molecule has 0 fully saturated rings. The SMILES string of the molecule is O=c1c([N+](=O)[O-])c(NCC2CCOc3ccccc32)nc2ccccn12. The van der Waals surface area contributed by atoms with E-state index in [1.165, 1.54) is 10.6 Å². The standard InChI is InChI=1S/C18H16N4O4/c23-18-16(22(24)25)17(20-15-7-3-4-9-21(15)18)19-11-12-8-10-26-14-6-2-1-5-13(12)14/h1-7,9,12,19H,8,10-11H2. The molecular weight excluding hydrogens is 336 g/mol. The molecule has 0 amide bonds. The van der Waals surface area contributed by atoms with Gasteiger partial charge in [-0.05, 0) is 30.2 Å². The topological polar surface area (TPSA) is 98.8 Å². The first-order valence-corrected chi connectivity index (χ1v) is 8.26. The van der Waals surface area contributed by atoms with E-state index in [9.17, 15) is 14.9 Å². The summed E-state index contributed by atoms with van der Waals surface area (Å²) in [5, 5.41) is 14.4. The first kappa shape index (κ1) is 16.1. The smallest absolute Gasteiger partial charge is 0.376 e. The Kier molecular flexibility index (Phi) is 4.00. The van der Waals surface area contributed by atoms with Gasteiger partial charge in [0.05, 0.1) is 11.5 Å². The predicted octanol–water partition coefficient (Wildman–Crippen LogP) is 2.58. The molecule has 2 aromatic heterocycles. The van der Waals surface area contributed by atoms with Crippen molar-refractivity contribution in [1.29, 1.82) is 0 Å². The number of benzene rings is 1. The molecule has 0 aliphatic carbocycles. The second-order valence-corrected chi connectivity index (χ2v) is 6.05. The molecule has 0 saturated heterocycles. The van der Waals surface area contributed by atoms with Crippen LogP contribution in [0.2, 0.25) is 0 Å². The number of nitrogens with one attached hydrogen (secondary N) is 1. The van der Waals surface area contributed by atoms with E-state index in [0.29, 0.717) is 18.8 Å². The summed E-state index contributed by atoms with van der Waals surface area (Å²) >= 11 is 0. The van der Waals surface area contributed by atoms with E-state index in [1.54, 1.807) is 18.2 Å². The number of nitro groups is 1. The van der Waals surface area contributed by atoms with E-state index in [2.05, 4.69) is 10.3 Å². The third-order valence-electron chi connectivity index (χ3n) is 4.49. The molecule has 1 unspecified atom stereocenters. The van der Waals surface area contributed by atoms with Crippen molar-refractivity contribution in [1.82, 2.24) is 9.38 Å². The van der Waals surface area contributed by atoms with Gasteiger partial charge in [0.1, 0.15) is 11.4 Å². The van der Waals surface area contributed by atoms with Gasteiger partial charge in [-0.1, -0.05) is 24.3 Å². The fraction of sp³-hybridized carbons (Fsp3) is 0.222. The van der Waals surface area contributed by atoms with Crippen molar-refractivity contribution in [2.24, 2.45) is 0 Å². The van der Waals surface area contributed by atoms with Crippen LogP contribution in [0.1, 0.15) is 17.9 Å². The number of nitrogens with zero attached hydrogens (tertiary/aromatic N) is 3. The molecule has 132 valence electrons. The Morgan fingerprint density at radius 2 is 2.08 bits per heavy atom. The summed E-state index contributed by atoms with van der Waals surface area (Å²) in [6.45, 7) is 1.01. The van der Waals surface area contributed by atoms with Gasteiger partial charge in [-0.25, -0.2) is 4.98 Å². The van der Waals surface area contributed by atoms with Crippen molar-refractivity contribution in [2.75, 3.05) is 18.5 Å². The van der Waals surface area contributed by atoms with Gasteiger partial charge >= 0.3 is 11.2 Å². The van der Waals surface area contributed by atoms with Crippen LogP contribution in [0.25, 0.3) is 5.65 Å². The molecule has 3 aromatic rings. The molecule has 0 bridgehead atoms. The zero-order valence-corrected chi connectivity index (χ0v) is 13.8. The quantitative estimate of drug-likeness (QED) is 0.572. The van der Waals surface area contributed by atoms with Crippen LogP contribution < -0.4 is 15.6 Å². The summed E-state index contributed by atoms with van der Waals surface area (Å²) in [7, 11) is 0. The van der Waals surface area contributed by atoms with Crippen LogP contribution in [0.5, 0.6) is 5.75 Å². The number of para-hydroxylation sites is 1. The average Bonchev–Trinajstić information content (AvgIpc) is 2.66. The molecule has 0 saturated carbocycles. The molecule has 8 nitrogen and oxygen atoms in total. The lowest BCUT2D eigenvalue weighted by Crippen LogP contribution is -2.24. The summed E-state index contributed by atoms with van der Waals surface area (Å²) in [4.78, 5) is 27.5. The van der Waals surface area contributed by atoms with Gasteiger partial charge in [0.25, 0.3) is 0 Å². The monoisotopic (exact) mass is 352 g/mol. The summed E-state index contributed by atoms with van der Waals surface area (Å²) < 4.78 is 6.81. The molecule has 0 radical (unpaired) electrons. The maximum atomic E-state index is 12.5. The Balaban J connectivity index is 1.69. The Hall–Kier alpha value is -3.42. The third-order valence-corrected chi connectivity index (χ3v) is 4.49. The number of pyridine rings is 1. The van der Waals surface area contributed by atoms with E-state index < -0.39 is 16.2 Å². The van der Waals surface area contributed by atoms with Crippen molar-refractivity contribution < 1.29 is 9.66 Å². The van der Waals surface area contributed by atoms with Crippen molar-refractivity contribution in [3.8, 4) is 5.75 Å². The van der Waals surface area contributed by atoms with Crippen molar-refractivity contribution in [3.63, 3.8) is 0 Å². The van der Waals surface area contributed by atoms with Gasteiger partial charge in [-0.2, -0.15) is 0 Å². The van der Waals surface area contributed by atoms with E-state index in [-0.39, 0.29) is 11.7 Å². The highest BCUT2D eigenvalue weighted by molar-refractivity contribution is 5.60. The Labute approximate surface area is 148 Å². The lowest BCUT2D eigenvalue weighted by atomic mass is 9.93. The van der Waals surface area contributed by atoms with Crippen LogP contribution in [0.15, 0.2) is 53.5 Å². The Morgan fingerprint density at radius 3 is 2.92 bits per heavy atom. The minimum absolute atomic E-state index is 0.00447. The van der Waals surface area contributed by atoms with Crippen LogP contribution in [0.4, 0.5) is 11.5 Å². The lowest BCUT2D eigenvalue weighted by molar-refractivity contribution is -0.385. The number of hydrogen-bond acceptors (Lipinski definition) is 6. The number of ether oxygens (including phenoxy) is 1. The Morgan fingerprint density at radius 1 is 1.27 bits per heavy atom. The maximum absolute atomic E-state index is 12.5. The summed E-state index contributed by atoms with van der Waals surface area (Å²) in [6, 6.07) is 12.7. The second kappa shape index (κ2) is 6.47. The van der Waals surface area contributed by atoms with E-state index in [4.69, 9.17) is 4.74 Å². The first-order valence-electron chi connectivity index (χ1n) is 8.26. The third kappa shape index (κ3) is 2.75. The number of anilines is 1. The van der Waals surface area contributed by atoms with E-state index in [1.807, 2.05) is 24.3 Å². The zero-order valence-electron chi connectivity index (χ0n) is 13.8. The highest BCUT2D eigenvalue weighted by atomic mass is 16.6. The second-order valence-electron chi connectivity index (χ2n) is 6.05. The van der Waals surface area contributed by atoms with Crippen molar-refractivity contribution in [3.05, 3.63) is 74.7 Å². The molecular formula is C18H16N4O4. The molecule has 4 rings (SSSR count). The summed E-state index contributed by atoms with van der Waals surface area (Å²) in [5.74, 6) is 0.942. The number of rotatable bonds is 4. The average molecular weight is 352 g/mol. The highest BCUT2D eigenvalue weighted by Gasteiger charge is 2.26. The molecule has 3 heterocycles. The number of aromatic nitrogens is 2. The Bertz CT molecular complexity index is 1050. The van der Waals surface area contributed by atoms with E-state index >= 15 is 0 Å². The molecule has 1 N–H and O–H groups in total. The van der Waals surface area contributed by atoms with Gasteiger partial charge in [0.2, 0.25) is 5.82 Å². The molecule has 1 atom stereocenters. The van der Waals surface area contributed by atoms with Gasteiger partial charge in [-0.15, -0.1) is 0 Å². The molecule has 1 aliphatic rings. The van der Waals surface area contributed by atoms with Crippen LogP contribution in [-0.4, -0.2) is 27.5 Å². The summed E-state index contributed by atoms with van der Waals surface area (Å²) in [6.07, 6.45) is 2.25.